The zero-order valence-electron chi connectivity index (χ0n) is 16.5. The van der Waals surface area contributed by atoms with Crippen LogP contribution in [0.2, 0.25) is 0 Å². The van der Waals surface area contributed by atoms with Gasteiger partial charge in [-0.2, -0.15) is 0 Å². The van der Waals surface area contributed by atoms with Crippen molar-refractivity contribution in [3.63, 3.8) is 0 Å². The fourth-order valence-electron chi connectivity index (χ4n) is 2.95. The first-order valence-corrected chi connectivity index (χ1v) is 9.64. The number of aromatic amines is 1. The molecule has 0 amide bonds. The van der Waals surface area contributed by atoms with Crippen molar-refractivity contribution in [2.24, 2.45) is 5.41 Å². The molecule has 1 N–H and O–H groups in total. The predicted octanol–water partition coefficient (Wildman–Crippen LogP) is 6.00. The van der Waals surface area contributed by atoms with Gasteiger partial charge in [-0.25, -0.2) is 0 Å². The molecule has 0 radical (unpaired) electrons. The molecule has 1 aromatic heterocycles. The molecule has 1 aromatic carbocycles. The first-order valence-electron chi connectivity index (χ1n) is 9.64. The maximum atomic E-state index is 6.11. The fourth-order valence-corrected chi connectivity index (χ4v) is 2.95. The van der Waals surface area contributed by atoms with Crippen molar-refractivity contribution in [2.75, 3.05) is 6.61 Å². The number of ether oxygens (including phenoxy) is 2. The second kappa shape index (κ2) is 8.81. The van der Waals surface area contributed by atoms with E-state index < -0.39 is 0 Å². The third-order valence-electron chi connectivity index (χ3n) is 4.55. The Morgan fingerprint density at radius 2 is 1.85 bits per heavy atom. The molecular weight excluding hydrogens is 334 g/mol. The Kier molecular flexibility index (Phi) is 6.23. The van der Waals surface area contributed by atoms with Crippen molar-refractivity contribution >= 4 is 0 Å². The van der Waals surface area contributed by atoms with Gasteiger partial charge in [0.05, 0.1) is 5.69 Å². The number of hydrogen-bond acceptors (Lipinski definition) is 2. The third-order valence-corrected chi connectivity index (χ3v) is 4.55. The van der Waals surface area contributed by atoms with Crippen LogP contribution >= 0.6 is 0 Å². The van der Waals surface area contributed by atoms with E-state index in [-0.39, 0.29) is 5.41 Å². The van der Waals surface area contributed by atoms with Crippen molar-refractivity contribution in [3.8, 4) is 11.5 Å². The molecule has 142 valence electrons. The van der Waals surface area contributed by atoms with Crippen LogP contribution < -0.4 is 9.47 Å². The van der Waals surface area contributed by atoms with Gasteiger partial charge in [0.15, 0.2) is 11.5 Å². The van der Waals surface area contributed by atoms with E-state index in [1.54, 1.807) is 0 Å². The van der Waals surface area contributed by atoms with E-state index >= 15 is 0 Å². The first kappa shape index (κ1) is 19.1. The number of hydrogen-bond donors (Lipinski definition) is 1. The van der Waals surface area contributed by atoms with Gasteiger partial charge in [-0.15, -0.1) is 0 Å². The lowest BCUT2D eigenvalue weighted by atomic mass is 9.93. The lowest BCUT2D eigenvalue weighted by Crippen LogP contribution is -2.04. The van der Waals surface area contributed by atoms with E-state index in [1.165, 1.54) is 5.56 Å². The first-order chi connectivity index (χ1) is 13.1. The Hall–Kier alpha value is -2.68. The summed E-state index contributed by atoms with van der Waals surface area (Å²) in [6.07, 6.45) is 14.8. The van der Waals surface area contributed by atoms with Crippen molar-refractivity contribution < 1.29 is 9.47 Å². The minimum absolute atomic E-state index is 0.0738. The van der Waals surface area contributed by atoms with Crippen molar-refractivity contribution in [2.45, 2.75) is 40.2 Å². The molecule has 2 aromatic rings. The molecule has 0 atom stereocenters. The number of nitrogens with one attached hydrogen (secondary N) is 1. The van der Waals surface area contributed by atoms with Crippen LogP contribution in [0.3, 0.4) is 0 Å². The molecule has 0 saturated heterocycles. The highest BCUT2D eigenvalue weighted by Crippen LogP contribution is 2.30. The molecule has 0 saturated carbocycles. The fraction of sp³-hybridized carbons (Fsp3) is 0.333. The summed E-state index contributed by atoms with van der Waals surface area (Å²) < 4.78 is 12.2. The Morgan fingerprint density at radius 3 is 2.63 bits per heavy atom. The number of aryl methyl sites for hydroxylation is 1. The molecule has 3 nitrogen and oxygen atoms in total. The van der Waals surface area contributed by atoms with Gasteiger partial charge in [0.25, 0.3) is 0 Å². The average molecular weight is 364 g/mol. The number of benzene rings is 1. The topological polar surface area (TPSA) is 34.2 Å². The smallest absolute Gasteiger partial charge is 0.162 e. The van der Waals surface area contributed by atoms with Gasteiger partial charge in [0.1, 0.15) is 13.2 Å². The van der Waals surface area contributed by atoms with Crippen LogP contribution in [-0.4, -0.2) is 11.6 Å². The molecule has 0 aliphatic heterocycles. The monoisotopic (exact) mass is 363 g/mol. The van der Waals surface area contributed by atoms with Crippen LogP contribution in [-0.2, 0) is 13.0 Å². The molecule has 3 heteroatoms. The Labute approximate surface area is 162 Å². The molecule has 0 fully saturated rings. The second-order valence-electron chi connectivity index (χ2n) is 7.56. The van der Waals surface area contributed by atoms with E-state index in [0.717, 1.165) is 35.6 Å². The van der Waals surface area contributed by atoms with Crippen molar-refractivity contribution in [1.29, 1.82) is 0 Å². The predicted molar refractivity (Wildman–Crippen MR) is 111 cm³/mol. The molecule has 1 heterocycles. The van der Waals surface area contributed by atoms with E-state index in [1.807, 2.05) is 24.4 Å². The summed E-state index contributed by atoms with van der Waals surface area (Å²) >= 11 is 0. The standard InChI is InChI=1S/C24H29NO2/c1-4-7-19-10-11-22(23(16-19)27-18-21-9-6-15-25-21)26-17-20-8-5-13-24(2,3)14-12-20/h5-6,8-16,25H,4,7,17-18H2,1-3H3. The van der Waals surface area contributed by atoms with Gasteiger partial charge in [-0.05, 0) is 41.8 Å². The molecule has 0 spiro atoms. The minimum atomic E-state index is 0.0738. The van der Waals surface area contributed by atoms with Gasteiger partial charge in [0.2, 0.25) is 0 Å². The number of H-pyrrole nitrogens is 1. The molecule has 27 heavy (non-hydrogen) atoms. The van der Waals surface area contributed by atoms with Crippen LogP contribution in [0.1, 0.15) is 38.4 Å². The van der Waals surface area contributed by atoms with Gasteiger partial charge >= 0.3 is 0 Å². The highest BCUT2D eigenvalue weighted by atomic mass is 16.5. The molecule has 1 aliphatic carbocycles. The summed E-state index contributed by atoms with van der Waals surface area (Å²) in [6, 6.07) is 10.2. The highest BCUT2D eigenvalue weighted by molar-refractivity contribution is 5.44. The summed E-state index contributed by atoms with van der Waals surface area (Å²) in [5.74, 6) is 1.58. The van der Waals surface area contributed by atoms with Gasteiger partial charge in [-0.1, -0.05) is 63.6 Å². The average Bonchev–Trinajstić information content (AvgIpc) is 3.10. The lowest BCUT2D eigenvalue weighted by Gasteiger charge is -2.15. The Morgan fingerprint density at radius 1 is 1.00 bits per heavy atom. The number of rotatable bonds is 8. The van der Waals surface area contributed by atoms with E-state index in [9.17, 15) is 0 Å². The Bertz CT molecular complexity index is 826. The number of aromatic nitrogens is 1. The maximum absolute atomic E-state index is 6.11. The highest BCUT2D eigenvalue weighted by Gasteiger charge is 2.12. The molecule has 1 aliphatic rings. The zero-order valence-corrected chi connectivity index (χ0v) is 16.5. The Balaban J connectivity index is 1.71. The van der Waals surface area contributed by atoms with Crippen LogP contribution in [0.25, 0.3) is 0 Å². The molecule has 0 bridgehead atoms. The van der Waals surface area contributed by atoms with Crippen LogP contribution in [0.15, 0.2) is 72.5 Å². The maximum Gasteiger partial charge on any atom is 0.162 e. The van der Waals surface area contributed by atoms with E-state index in [2.05, 4.69) is 68.3 Å². The largest absolute Gasteiger partial charge is 0.485 e. The van der Waals surface area contributed by atoms with Crippen LogP contribution in [0.4, 0.5) is 0 Å². The van der Waals surface area contributed by atoms with E-state index in [0.29, 0.717) is 13.2 Å². The molecule has 3 rings (SSSR count). The van der Waals surface area contributed by atoms with Crippen LogP contribution in [0, 0.1) is 5.41 Å². The normalized spacial score (nSPS) is 15.3. The third kappa shape index (κ3) is 5.65. The minimum Gasteiger partial charge on any atom is -0.485 e. The van der Waals surface area contributed by atoms with E-state index in [4.69, 9.17) is 9.47 Å². The molecule has 0 unspecified atom stereocenters. The summed E-state index contributed by atoms with van der Waals surface area (Å²) in [6.45, 7) is 7.58. The summed E-state index contributed by atoms with van der Waals surface area (Å²) in [5.41, 5.74) is 3.53. The lowest BCUT2D eigenvalue weighted by molar-refractivity contribution is 0.270. The van der Waals surface area contributed by atoms with Crippen molar-refractivity contribution in [1.82, 2.24) is 4.98 Å². The van der Waals surface area contributed by atoms with Gasteiger partial charge in [0, 0.05) is 11.6 Å². The van der Waals surface area contributed by atoms with Gasteiger partial charge in [-0.3, -0.25) is 0 Å². The van der Waals surface area contributed by atoms with Crippen LogP contribution in [0.5, 0.6) is 11.5 Å². The zero-order chi connectivity index (χ0) is 19.1. The van der Waals surface area contributed by atoms with Crippen molar-refractivity contribution in [3.05, 3.63) is 83.7 Å². The summed E-state index contributed by atoms with van der Waals surface area (Å²) in [4.78, 5) is 3.17. The SMILES string of the molecule is CCCc1ccc(OCC2=CC=CC(C)(C)C=C2)c(OCc2ccc[nH]2)c1. The van der Waals surface area contributed by atoms with Gasteiger partial charge < -0.3 is 14.5 Å². The second-order valence-corrected chi connectivity index (χ2v) is 7.56. The summed E-state index contributed by atoms with van der Waals surface area (Å²) in [5, 5.41) is 0. The summed E-state index contributed by atoms with van der Waals surface area (Å²) in [7, 11) is 0. The quantitative estimate of drug-likeness (QED) is 0.624. The number of allylic oxidation sites excluding steroid dienone is 4. The molecular formula is C24H29NO2.